The Bertz CT molecular complexity index is 854. The molecule has 0 radical (unpaired) electrons. The van der Waals surface area contributed by atoms with Gasteiger partial charge in [-0.15, -0.1) is 0 Å². The summed E-state index contributed by atoms with van der Waals surface area (Å²) in [6, 6.07) is 5.81. The van der Waals surface area contributed by atoms with Crippen molar-refractivity contribution in [2.45, 2.75) is 56.9 Å². The van der Waals surface area contributed by atoms with Crippen LogP contribution in [0.1, 0.15) is 56.3 Å². The van der Waals surface area contributed by atoms with Crippen LogP contribution in [0.4, 0.5) is 0 Å². The van der Waals surface area contributed by atoms with Crippen LogP contribution in [0.15, 0.2) is 29.2 Å². The smallest absolute Gasteiger partial charge is 0.338 e. The second-order valence-corrected chi connectivity index (χ2v) is 10.0. The number of carbonyl (C=O) groups excluding carboxylic acids is 2. The lowest BCUT2D eigenvalue weighted by Crippen LogP contribution is -2.42. The van der Waals surface area contributed by atoms with Gasteiger partial charge in [0.1, 0.15) is 0 Å². The van der Waals surface area contributed by atoms with E-state index in [1.165, 1.54) is 28.6 Å². The molecule has 0 spiro atoms. The van der Waals surface area contributed by atoms with E-state index in [1.54, 1.807) is 4.90 Å². The van der Waals surface area contributed by atoms with Gasteiger partial charge in [-0.2, -0.15) is 4.31 Å². The highest BCUT2D eigenvalue weighted by molar-refractivity contribution is 7.89. The number of likely N-dealkylation sites (tertiary alicyclic amines) is 1. The molecule has 2 heterocycles. The van der Waals surface area contributed by atoms with Gasteiger partial charge in [0.2, 0.25) is 10.0 Å². The first-order valence-corrected chi connectivity index (χ1v) is 11.8. The zero-order valence-corrected chi connectivity index (χ0v) is 18.0. The molecule has 1 aromatic rings. The van der Waals surface area contributed by atoms with Gasteiger partial charge in [0.05, 0.1) is 10.5 Å². The van der Waals surface area contributed by atoms with Crippen molar-refractivity contribution in [3.05, 3.63) is 29.8 Å². The fourth-order valence-electron chi connectivity index (χ4n) is 4.07. The standard InChI is InChI=1S/C21H30N2O5S/c1-16-7-6-11-22(14-16)20(24)15-28-21(25)18-9-5-10-19(13-18)29(26,27)23-12-4-3-8-17(23)2/h5,9-10,13,16-17H,3-4,6-8,11-12,14-15H2,1-2H3/t16-,17-/m0/s1. The fourth-order valence-corrected chi connectivity index (χ4v) is 5.81. The molecule has 0 N–H and O–H groups in total. The van der Waals surface area contributed by atoms with Crippen molar-refractivity contribution in [2.24, 2.45) is 5.92 Å². The maximum absolute atomic E-state index is 13.0. The molecular formula is C21H30N2O5S. The maximum atomic E-state index is 13.0. The van der Waals surface area contributed by atoms with Crippen molar-refractivity contribution in [3.63, 3.8) is 0 Å². The Morgan fingerprint density at radius 1 is 1.10 bits per heavy atom. The SMILES string of the molecule is C[C@H]1CCCN(C(=O)COC(=O)c2cccc(S(=O)(=O)N3CCCC[C@@H]3C)c2)C1. The third-order valence-electron chi connectivity index (χ3n) is 5.75. The van der Waals surface area contributed by atoms with Crippen molar-refractivity contribution in [1.29, 1.82) is 0 Å². The molecule has 2 atom stereocenters. The summed E-state index contributed by atoms with van der Waals surface area (Å²) in [7, 11) is -3.67. The highest BCUT2D eigenvalue weighted by atomic mass is 32.2. The lowest BCUT2D eigenvalue weighted by Gasteiger charge is -2.32. The van der Waals surface area contributed by atoms with Gasteiger partial charge >= 0.3 is 5.97 Å². The van der Waals surface area contributed by atoms with E-state index in [-0.39, 0.29) is 29.0 Å². The van der Waals surface area contributed by atoms with E-state index in [1.807, 2.05) is 6.92 Å². The van der Waals surface area contributed by atoms with E-state index in [9.17, 15) is 18.0 Å². The van der Waals surface area contributed by atoms with E-state index in [0.717, 1.165) is 32.1 Å². The first-order chi connectivity index (χ1) is 13.8. The van der Waals surface area contributed by atoms with Crippen LogP contribution in [-0.4, -0.2) is 61.8 Å². The minimum Gasteiger partial charge on any atom is -0.452 e. The second-order valence-electron chi connectivity index (χ2n) is 8.15. The molecule has 0 aromatic heterocycles. The van der Waals surface area contributed by atoms with Gasteiger partial charge in [0, 0.05) is 25.7 Å². The van der Waals surface area contributed by atoms with Crippen LogP contribution >= 0.6 is 0 Å². The molecule has 1 aromatic carbocycles. The number of rotatable bonds is 5. The molecule has 0 saturated carbocycles. The largest absolute Gasteiger partial charge is 0.452 e. The van der Waals surface area contributed by atoms with Gasteiger partial charge in [-0.25, -0.2) is 13.2 Å². The normalized spacial score (nSPS) is 23.6. The molecule has 2 aliphatic heterocycles. The van der Waals surface area contributed by atoms with Crippen molar-refractivity contribution in [1.82, 2.24) is 9.21 Å². The van der Waals surface area contributed by atoms with Gasteiger partial charge in [-0.05, 0) is 56.7 Å². The number of hydrogen-bond acceptors (Lipinski definition) is 5. The number of nitrogens with zero attached hydrogens (tertiary/aromatic N) is 2. The predicted octanol–water partition coefficient (Wildman–Crippen LogP) is 2.67. The minimum absolute atomic E-state index is 0.0612. The van der Waals surface area contributed by atoms with E-state index < -0.39 is 16.0 Å². The van der Waals surface area contributed by atoms with Crippen LogP contribution in [-0.2, 0) is 19.6 Å². The summed E-state index contributed by atoms with van der Waals surface area (Å²) in [5.74, 6) is -0.453. The second kappa shape index (κ2) is 9.26. The number of piperidine rings is 2. The number of carbonyl (C=O) groups is 2. The highest BCUT2D eigenvalue weighted by Crippen LogP contribution is 2.25. The maximum Gasteiger partial charge on any atom is 0.338 e. The average molecular weight is 423 g/mol. The predicted molar refractivity (Wildman–Crippen MR) is 109 cm³/mol. The highest BCUT2D eigenvalue weighted by Gasteiger charge is 2.31. The van der Waals surface area contributed by atoms with Crippen molar-refractivity contribution in [2.75, 3.05) is 26.2 Å². The number of amides is 1. The van der Waals surface area contributed by atoms with Gasteiger partial charge in [0.25, 0.3) is 5.91 Å². The van der Waals surface area contributed by atoms with E-state index >= 15 is 0 Å². The monoisotopic (exact) mass is 422 g/mol. The van der Waals surface area contributed by atoms with Crippen molar-refractivity contribution < 1.29 is 22.7 Å². The topological polar surface area (TPSA) is 84.0 Å². The molecule has 2 fully saturated rings. The molecule has 29 heavy (non-hydrogen) atoms. The van der Waals surface area contributed by atoms with Crippen LogP contribution < -0.4 is 0 Å². The summed E-state index contributed by atoms with van der Waals surface area (Å²) in [5.41, 5.74) is 0.135. The van der Waals surface area contributed by atoms with Gasteiger partial charge < -0.3 is 9.64 Å². The van der Waals surface area contributed by atoms with Crippen LogP contribution in [0.5, 0.6) is 0 Å². The van der Waals surface area contributed by atoms with E-state index in [0.29, 0.717) is 25.6 Å². The quantitative estimate of drug-likeness (QED) is 0.681. The van der Waals surface area contributed by atoms with Crippen LogP contribution in [0.2, 0.25) is 0 Å². The summed E-state index contributed by atoms with van der Waals surface area (Å²) >= 11 is 0. The summed E-state index contributed by atoms with van der Waals surface area (Å²) in [6.45, 7) is 5.52. The molecule has 8 heteroatoms. The lowest BCUT2D eigenvalue weighted by molar-refractivity contribution is -0.136. The zero-order chi connectivity index (χ0) is 21.0. The molecule has 0 unspecified atom stereocenters. The lowest BCUT2D eigenvalue weighted by atomic mass is 10.0. The Hall–Kier alpha value is -1.93. The summed E-state index contributed by atoms with van der Waals surface area (Å²) in [6.07, 6.45) is 4.74. The van der Waals surface area contributed by atoms with Crippen molar-refractivity contribution >= 4 is 21.9 Å². The summed E-state index contributed by atoms with van der Waals surface area (Å²) in [4.78, 5) is 26.5. The third-order valence-corrected chi connectivity index (χ3v) is 7.76. The molecule has 2 aliphatic rings. The molecule has 160 valence electrons. The number of ether oxygens (including phenoxy) is 1. The van der Waals surface area contributed by atoms with Gasteiger partial charge in [-0.3, -0.25) is 4.79 Å². The summed E-state index contributed by atoms with van der Waals surface area (Å²) in [5, 5.41) is 0. The Morgan fingerprint density at radius 3 is 2.62 bits per heavy atom. The molecule has 3 rings (SSSR count). The van der Waals surface area contributed by atoms with E-state index in [4.69, 9.17) is 4.74 Å². The Balaban J connectivity index is 1.65. The van der Waals surface area contributed by atoms with Crippen LogP contribution in [0.25, 0.3) is 0 Å². The van der Waals surface area contributed by atoms with Crippen molar-refractivity contribution in [3.8, 4) is 0 Å². The minimum atomic E-state index is -3.67. The number of sulfonamides is 1. The Morgan fingerprint density at radius 2 is 1.90 bits per heavy atom. The number of esters is 1. The first kappa shape index (κ1) is 21.8. The van der Waals surface area contributed by atoms with Crippen LogP contribution in [0, 0.1) is 5.92 Å². The Kier molecular flexibility index (Phi) is 6.95. The Labute approximate surface area is 173 Å². The van der Waals surface area contributed by atoms with Crippen LogP contribution in [0.3, 0.4) is 0 Å². The molecule has 0 bridgehead atoms. The fraction of sp³-hybridized carbons (Fsp3) is 0.619. The third kappa shape index (κ3) is 5.17. The molecule has 0 aliphatic carbocycles. The van der Waals surface area contributed by atoms with Gasteiger partial charge in [0.15, 0.2) is 6.61 Å². The molecule has 7 nitrogen and oxygen atoms in total. The number of benzene rings is 1. The average Bonchev–Trinajstić information content (AvgIpc) is 2.72. The molecular weight excluding hydrogens is 392 g/mol. The molecule has 1 amide bonds. The first-order valence-electron chi connectivity index (χ1n) is 10.4. The van der Waals surface area contributed by atoms with E-state index in [2.05, 4.69) is 6.92 Å². The summed E-state index contributed by atoms with van der Waals surface area (Å²) < 4.78 is 32.7. The number of hydrogen-bond donors (Lipinski definition) is 0. The van der Waals surface area contributed by atoms with Gasteiger partial charge in [-0.1, -0.05) is 19.4 Å². The zero-order valence-electron chi connectivity index (χ0n) is 17.2. The molecule has 2 saturated heterocycles.